The van der Waals surface area contributed by atoms with Gasteiger partial charge in [0.05, 0.1) is 0 Å². The van der Waals surface area contributed by atoms with Gasteiger partial charge >= 0.3 is 0 Å². The third-order valence-corrected chi connectivity index (χ3v) is 5.38. The van der Waals surface area contributed by atoms with Crippen LogP contribution in [-0.4, -0.2) is 53.6 Å². The average molecular weight is 281 g/mol. The number of hydrogen-bond donors (Lipinski definition) is 1. The molecular formula is C17H35N3. The normalized spacial score (nSPS) is 24.0. The van der Waals surface area contributed by atoms with Crippen LogP contribution in [0.4, 0.5) is 0 Å². The highest BCUT2D eigenvalue weighted by Gasteiger charge is 2.44. The van der Waals surface area contributed by atoms with Crippen LogP contribution in [0.3, 0.4) is 0 Å². The fourth-order valence-electron chi connectivity index (χ4n) is 3.66. The Hall–Kier alpha value is -0.120. The Labute approximate surface area is 125 Å². The lowest BCUT2D eigenvalue weighted by Crippen LogP contribution is -2.61. The highest BCUT2D eigenvalue weighted by Crippen LogP contribution is 2.38. The van der Waals surface area contributed by atoms with Crippen molar-refractivity contribution in [1.29, 1.82) is 0 Å². The third kappa shape index (κ3) is 3.75. The predicted octanol–water partition coefficient (Wildman–Crippen LogP) is 2.70. The van der Waals surface area contributed by atoms with Gasteiger partial charge in [0.25, 0.3) is 0 Å². The van der Waals surface area contributed by atoms with Crippen LogP contribution in [0.1, 0.15) is 59.8 Å². The van der Waals surface area contributed by atoms with Gasteiger partial charge in [-0.15, -0.1) is 0 Å². The van der Waals surface area contributed by atoms with Crippen LogP contribution >= 0.6 is 0 Å². The van der Waals surface area contributed by atoms with Crippen LogP contribution < -0.4 is 5.73 Å². The Balaban J connectivity index is 2.00. The molecule has 0 amide bonds. The molecule has 2 rings (SSSR count). The molecule has 0 aromatic rings. The van der Waals surface area contributed by atoms with Gasteiger partial charge < -0.3 is 10.6 Å². The van der Waals surface area contributed by atoms with Crippen LogP contribution in [0.15, 0.2) is 0 Å². The van der Waals surface area contributed by atoms with Gasteiger partial charge in [0.15, 0.2) is 0 Å². The Bertz CT molecular complexity index is 289. The van der Waals surface area contributed by atoms with E-state index < -0.39 is 0 Å². The minimum Gasteiger partial charge on any atom is -0.329 e. The zero-order valence-electron chi connectivity index (χ0n) is 14.1. The Morgan fingerprint density at radius 1 is 1.15 bits per heavy atom. The lowest BCUT2D eigenvalue weighted by molar-refractivity contribution is 0.00952. The van der Waals surface area contributed by atoms with Crippen molar-refractivity contribution in [2.45, 2.75) is 77.4 Å². The van der Waals surface area contributed by atoms with Crippen molar-refractivity contribution >= 4 is 0 Å². The first-order valence-electron chi connectivity index (χ1n) is 8.69. The van der Waals surface area contributed by atoms with E-state index in [-0.39, 0.29) is 0 Å². The van der Waals surface area contributed by atoms with E-state index in [1.54, 1.807) is 0 Å². The Morgan fingerprint density at radius 3 is 2.15 bits per heavy atom. The second-order valence-corrected chi connectivity index (χ2v) is 7.67. The maximum absolute atomic E-state index is 6.27. The molecular weight excluding hydrogens is 246 g/mol. The number of likely N-dealkylation sites (tertiary alicyclic amines) is 1. The number of piperidine rings is 1. The van der Waals surface area contributed by atoms with E-state index in [1.807, 2.05) is 0 Å². The average Bonchev–Trinajstić information content (AvgIpc) is 3.23. The standard InChI is InChI=1S/C17H35N3/c1-14(2)7-10-20(16-5-6-16)17(13-18)8-11-19(12-9-17)15(3)4/h14-16H,5-13,18H2,1-4H3. The molecule has 2 N–H and O–H groups in total. The largest absolute Gasteiger partial charge is 0.329 e. The van der Waals surface area contributed by atoms with E-state index in [4.69, 9.17) is 5.73 Å². The number of hydrogen-bond acceptors (Lipinski definition) is 3. The zero-order chi connectivity index (χ0) is 14.8. The molecule has 3 nitrogen and oxygen atoms in total. The van der Waals surface area contributed by atoms with E-state index in [0.717, 1.165) is 18.5 Å². The SMILES string of the molecule is CC(C)CCN(C1CC1)C1(CN)CCN(C(C)C)CC1. The molecule has 0 aromatic carbocycles. The van der Waals surface area contributed by atoms with Crippen molar-refractivity contribution in [3.63, 3.8) is 0 Å². The van der Waals surface area contributed by atoms with Gasteiger partial charge in [-0.1, -0.05) is 13.8 Å². The lowest BCUT2D eigenvalue weighted by Gasteiger charge is -2.50. The lowest BCUT2D eigenvalue weighted by atomic mass is 9.84. The topological polar surface area (TPSA) is 32.5 Å². The molecule has 1 saturated heterocycles. The second kappa shape index (κ2) is 6.76. The third-order valence-electron chi connectivity index (χ3n) is 5.38. The van der Waals surface area contributed by atoms with E-state index in [9.17, 15) is 0 Å². The van der Waals surface area contributed by atoms with Gasteiger partial charge in [0.1, 0.15) is 0 Å². The summed E-state index contributed by atoms with van der Waals surface area (Å²) in [5.41, 5.74) is 6.57. The molecule has 1 heterocycles. The van der Waals surface area contributed by atoms with Crippen molar-refractivity contribution in [3.8, 4) is 0 Å². The van der Waals surface area contributed by atoms with Gasteiger partial charge in [0, 0.05) is 37.3 Å². The van der Waals surface area contributed by atoms with Crippen LogP contribution in [-0.2, 0) is 0 Å². The smallest absolute Gasteiger partial charge is 0.0358 e. The minimum absolute atomic E-state index is 0.293. The molecule has 1 aliphatic heterocycles. The molecule has 118 valence electrons. The second-order valence-electron chi connectivity index (χ2n) is 7.67. The van der Waals surface area contributed by atoms with Crippen molar-refractivity contribution in [2.24, 2.45) is 11.7 Å². The summed E-state index contributed by atoms with van der Waals surface area (Å²) < 4.78 is 0. The molecule has 1 saturated carbocycles. The molecule has 3 heteroatoms. The Kier molecular flexibility index (Phi) is 5.49. The van der Waals surface area contributed by atoms with E-state index in [1.165, 1.54) is 51.7 Å². The number of rotatable bonds is 7. The van der Waals surface area contributed by atoms with Gasteiger partial charge in [-0.05, 0) is 58.4 Å². The van der Waals surface area contributed by atoms with Crippen LogP contribution in [0.2, 0.25) is 0 Å². The van der Waals surface area contributed by atoms with Crippen LogP contribution in [0.25, 0.3) is 0 Å². The van der Waals surface area contributed by atoms with Crippen molar-refractivity contribution < 1.29 is 0 Å². The molecule has 0 spiro atoms. The summed E-state index contributed by atoms with van der Waals surface area (Å²) in [5.74, 6) is 0.793. The fraction of sp³-hybridized carbons (Fsp3) is 1.00. The number of nitrogens with zero attached hydrogens (tertiary/aromatic N) is 2. The molecule has 20 heavy (non-hydrogen) atoms. The molecule has 1 aliphatic carbocycles. The first-order valence-corrected chi connectivity index (χ1v) is 8.69. The summed E-state index contributed by atoms with van der Waals surface area (Å²) in [6.45, 7) is 13.8. The molecule has 0 aromatic heterocycles. The predicted molar refractivity (Wildman–Crippen MR) is 86.9 cm³/mol. The molecule has 0 unspecified atom stereocenters. The highest BCUT2D eigenvalue weighted by atomic mass is 15.3. The van der Waals surface area contributed by atoms with Gasteiger partial charge in [0.2, 0.25) is 0 Å². The summed E-state index contributed by atoms with van der Waals surface area (Å²) in [6, 6.07) is 1.51. The minimum atomic E-state index is 0.293. The van der Waals surface area contributed by atoms with Crippen LogP contribution in [0.5, 0.6) is 0 Å². The first-order chi connectivity index (χ1) is 9.48. The van der Waals surface area contributed by atoms with E-state index >= 15 is 0 Å². The monoisotopic (exact) mass is 281 g/mol. The quantitative estimate of drug-likeness (QED) is 0.779. The summed E-state index contributed by atoms with van der Waals surface area (Å²) in [7, 11) is 0. The van der Waals surface area contributed by atoms with Crippen LogP contribution in [0, 0.1) is 5.92 Å². The first kappa shape index (κ1) is 16.3. The summed E-state index contributed by atoms with van der Waals surface area (Å²) in [4.78, 5) is 5.42. The van der Waals surface area contributed by atoms with Gasteiger partial charge in [-0.3, -0.25) is 4.90 Å². The summed E-state index contributed by atoms with van der Waals surface area (Å²) in [6.07, 6.45) is 6.63. The van der Waals surface area contributed by atoms with Crippen molar-refractivity contribution in [1.82, 2.24) is 9.80 Å². The summed E-state index contributed by atoms with van der Waals surface area (Å²) >= 11 is 0. The molecule has 2 fully saturated rings. The van der Waals surface area contributed by atoms with E-state index in [0.29, 0.717) is 11.6 Å². The summed E-state index contributed by atoms with van der Waals surface area (Å²) in [5, 5.41) is 0. The number of nitrogens with two attached hydrogens (primary N) is 1. The van der Waals surface area contributed by atoms with Gasteiger partial charge in [-0.25, -0.2) is 0 Å². The maximum Gasteiger partial charge on any atom is 0.0358 e. The van der Waals surface area contributed by atoms with Crippen molar-refractivity contribution in [2.75, 3.05) is 26.2 Å². The molecule has 2 aliphatic rings. The molecule has 0 bridgehead atoms. The zero-order valence-corrected chi connectivity index (χ0v) is 14.1. The maximum atomic E-state index is 6.27. The highest BCUT2D eigenvalue weighted by molar-refractivity contribution is 5.02. The van der Waals surface area contributed by atoms with E-state index in [2.05, 4.69) is 37.5 Å². The Morgan fingerprint density at radius 2 is 1.75 bits per heavy atom. The van der Waals surface area contributed by atoms with Crippen molar-refractivity contribution in [3.05, 3.63) is 0 Å². The molecule has 0 radical (unpaired) electrons. The van der Waals surface area contributed by atoms with Gasteiger partial charge in [-0.2, -0.15) is 0 Å². The molecule has 0 atom stereocenters. The fourth-order valence-corrected chi connectivity index (χ4v) is 3.66.